The van der Waals surface area contributed by atoms with Gasteiger partial charge in [0.2, 0.25) is 0 Å². The van der Waals surface area contributed by atoms with Gasteiger partial charge in [-0.15, -0.1) is 0 Å². The fraction of sp³-hybridized carbons (Fsp3) is 0.286. The fourth-order valence-corrected chi connectivity index (χ4v) is 3.76. The molecule has 0 N–H and O–H groups in total. The quantitative estimate of drug-likeness (QED) is 0.728. The number of methoxy groups -OCH3 is 1. The van der Waals surface area contributed by atoms with Crippen molar-refractivity contribution >= 4 is 16.8 Å². The summed E-state index contributed by atoms with van der Waals surface area (Å²) in [7, 11) is 1.71. The van der Waals surface area contributed by atoms with Crippen LogP contribution in [0.4, 0.5) is 0 Å². The number of ether oxygens (including phenoxy) is 1. The van der Waals surface area contributed by atoms with Crippen LogP contribution in [0.15, 0.2) is 60.9 Å². The third-order valence-electron chi connectivity index (χ3n) is 5.06. The van der Waals surface area contributed by atoms with Crippen LogP contribution in [0.3, 0.4) is 0 Å². The summed E-state index contributed by atoms with van der Waals surface area (Å²) in [5, 5.41) is 1.04. The van der Waals surface area contributed by atoms with E-state index < -0.39 is 0 Å². The number of hydrogen-bond donors (Lipinski definition) is 0. The molecule has 0 radical (unpaired) electrons. The molecule has 1 aromatic carbocycles. The number of para-hydroxylation sites is 1. The highest BCUT2D eigenvalue weighted by Crippen LogP contribution is 2.33. The van der Waals surface area contributed by atoms with Gasteiger partial charge in [-0.3, -0.25) is 9.78 Å². The Morgan fingerprint density at radius 3 is 2.73 bits per heavy atom. The summed E-state index contributed by atoms with van der Waals surface area (Å²) in [6.07, 6.45) is 3.60. The summed E-state index contributed by atoms with van der Waals surface area (Å²) in [6.45, 7) is 1.97. The second-order valence-corrected chi connectivity index (χ2v) is 6.70. The molecule has 2 atom stereocenters. The van der Waals surface area contributed by atoms with Crippen molar-refractivity contribution in [3.8, 4) is 0 Å². The topological polar surface area (TPSA) is 55.3 Å². The summed E-state index contributed by atoms with van der Waals surface area (Å²) in [4.78, 5) is 23.6. The van der Waals surface area contributed by atoms with Crippen molar-refractivity contribution in [3.05, 3.63) is 72.2 Å². The number of pyridine rings is 2. The van der Waals surface area contributed by atoms with Crippen molar-refractivity contribution in [2.24, 2.45) is 5.92 Å². The smallest absolute Gasteiger partial charge is 0.272 e. The number of aromatic nitrogens is 2. The first-order valence-corrected chi connectivity index (χ1v) is 8.80. The van der Waals surface area contributed by atoms with Gasteiger partial charge in [0.05, 0.1) is 12.1 Å². The predicted molar refractivity (Wildman–Crippen MR) is 100.0 cm³/mol. The average Bonchev–Trinajstić information content (AvgIpc) is 3.12. The molecule has 132 valence electrons. The highest BCUT2D eigenvalue weighted by molar-refractivity contribution is 5.95. The largest absolute Gasteiger partial charge is 0.384 e. The lowest BCUT2D eigenvalue weighted by molar-refractivity contribution is 0.0770. The van der Waals surface area contributed by atoms with Gasteiger partial charge in [0.15, 0.2) is 0 Å². The van der Waals surface area contributed by atoms with Crippen molar-refractivity contribution in [1.29, 1.82) is 0 Å². The second kappa shape index (κ2) is 7.22. The number of nitrogens with zero attached hydrogens (tertiary/aromatic N) is 3. The standard InChI is InChI=1S/C21H21N3O2/c1-26-14-17-12-24(13-18(17)15-8-10-22-11-9-15)21(25)20-7-6-16-4-2-3-5-19(16)23-20/h2-11,17-18H,12-14H2,1H3/t17-,18-/m0/s1. The molecule has 4 rings (SSSR count). The maximum Gasteiger partial charge on any atom is 0.272 e. The van der Waals surface area contributed by atoms with Gasteiger partial charge in [-0.1, -0.05) is 24.3 Å². The Labute approximate surface area is 152 Å². The van der Waals surface area contributed by atoms with Crippen LogP contribution in [-0.4, -0.2) is 47.6 Å². The SMILES string of the molecule is COC[C@@H]1CN(C(=O)c2ccc3ccccc3n2)C[C@H]1c1ccncc1. The number of benzene rings is 1. The maximum atomic E-state index is 13.0. The molecule has 5 heteroatoms. The predicted octanol–water partition coefficient (Wildman–Crippen LogP) is 3.13. The highest BCUT2D eigenvalue weighted by atomic mass is 16.5. The third kappa shape index (κ3) is 3.18. The number of hydrogen-bond acceptors (Lipinski definition) is 4. The van der Waals surface area contributed by atoms with Crippen molar-refractivity contribution in [1.82, 2.24) is 14.9 Å². The molecule has 0 unspecified atom stereocenters. The number of likely N-dealkylation sites (tertiary alicyclic amines) is 1. The van der Waals surface area contributed by atoms with E-state index in [0.717, 1.165) is 10.9 Å². The molecule has 1 aliphatic rings. The lowest BCUT2D eigenvalue weighted by Gasteiger charge is -2.17. The van der Waals surface area contributed by atoms with Gasteiger partial charge in [0, 0.05) is 49.8 Å². The zero-order valence-corrected chi connectivity index (χ0v) is 14.7. The van der Waals surface area contributed by atoms with E-state index in [1.54, 1.807) is 19.5 Å². The molecular formula is C21H21N3O2. The Hall–Kier alpha value is -2.79. The van der Waals surface area contributed by atoms with Gasteiger partial charge in [-0.2, -0.15) is 0 Å². The summed E-state index contributed by atoms with van der Waals surface area (Å²) in [6, 6.07) is 15.7. The van der Waals surface area contributed by atoms with Crippen LogP contribution >= 0.6 is 0 Å². The number of carbonyl (C=O) groups excluding carboxylic acids is 1. The minimum absolute atomic E-state index is 0.0200. The zero-order chi connectivity index (χ0) is 17.9. The average molecular weight is 347 g/mol. The zero-order valence-electron chi connectivity index (χ0n) is 14.7. The molecule has 26 heavy (non-hydrogen) atoms. The maximum absolute atomic E-state index is 13.0. The Balaban J connectivity index is 1.59. The molecule has 2 aromatic heterocycles. The van der Waals surface area contributed by atoms with Crippen LogP contribution in [-0.2, 0) is 4.74 Å². The molecule has 0 spiro atoms. The van der Waals surface area contributed by atoms with Gasteiger partial charge in [-0.25, -0.2) is 4.98 Å². The summed E-state index contributed by atoms with van der Waals surface area (Å²) in [5.74, 6) is 0.502. The van der Waals surface area contributed by atoms with Gasteiger partial charge in [0.25, 0.3) is 5.91 Å². The molecule has 5 nitrogen and oxygen atoms in total. The molecule has 1 fully saturated rings. The molecule has 1 saturated heterocycles. The Morgan fingerprint density at radius 1 is 1.12 bits per heavy atom. The molecule has 3 aromatic rings. The molecule has 1 aliphatic heterocycles. The van der Waals surface area contributed by atoms with E-state index in [1.807, 2.05) is 53.4 Å². The first-order valence-electron chi connectivity index (χ1n) is 8.80. The van der Waals surface area contributed by atoms with E-state index in [4.69, 9.17) is 4.74 Å². The highest BCUT2D eigenvalue weighted by Gasteiger charge is 2.36. The first-order chi connectivity index (χ1) is 12.8. The van der Waals surface area contributed by atoms with Crippen LogP contribution in [0.5, 0.6) is 0 Å². The van der Waals surface area contributed by atoms with Crippen LogP contribution in [0, 0.1) is 5.92 Å². The molecule has 0 bridgehead atoms. The van der Waals surface area contributed by atoms with Crippen LogP contribution in [0.1, 0.15) is 22.0 Å². The first kappa shape index (κ1) is 16.7. The molecule has 1 amide bonds. The summed E-state index contributed by atoms with van der Waals surface area (Å²) in [5.41, 5.74) is 2.54. The number of carbonyl (C=O) groups is 1. The van der Waals surface area contributed by atoms with Crippen molar-refractivity contribution in [3.63, 3.8) is 0 Å². The van der Waals surface area contributed by atoms with Crippen LogP contribution < -0.4 is 0 Å². The molecule has 0 aliphatic carbocycles. The van der Waals surface area contributed by atoms with Gasteiger partial charge in [0.1, 0.15) is 5.69 Å². The van der Waals surface area contributed by atoms with Gasteiger partial charge < -0.3 is 9.64 Å². The van der Waals surface area contributed by atoms with E-state index in [-0.39, 0.29) is 17.7 Å². The van der Waals surface area contributed by atoms with Crippen LogP contribution in [0.25, 0.3) is 10.9 Å². The normalized spacial score (nSPS) is 19.8. The van der Waals surface area contributed by atoms with Crippen molar-refractivity contribution in [2.75, 3.05) is 26.8 Å². The van der Waals surface area contributed by atoms with E-state index in [9.17, 15) is 4.79 Å². The molecule has 0 saturated carbocycles. The Kier molecular flexibility index (Phi) is 4.63. The van der Waals surface area contributed by atoms with E-state index in [1.165, 1.54) is 5.56 Å². The Morgan fingerprint density at radius 2 is 1.92 bits per heavy atom. The fourth-order valence-electron chi connectivity index (χ4n) is 3.76. The lowest BCUT2D eigenvalue weighted by Crippen LogP contribution is -2.30. The van der Waals surface area contributed by atoms with Gasteiger partial charge in [-0.05, 0) is 29.8 Å². The van der Waals surface area contributed by atoms with E-state index >= 15 is 0 Å². The van der Waals surface area contributed by atoms with Crippen molar-refractivity contribution < 1.29 is 9.53 Å². The number of fused-ring (bicyclic) bond motifs is 1. The monoisotopic (exact) mass is 347 g/mol. The molecular weight excluding hydrogens is 326 g/mol. The van der Waals surface area contributed by atoms with Crippen molar-refractivity contribution in [2.45, 2.75) is 5.92 Å². The molecule has 3 heterocycles. The van der Waals surface area contributed by atoms with E-state index in [0.29, 0.717) is 25.4 Å². The Bertz CT molecular complexity index is 913. The second-order valence-electron chi connectivity index (χ2n) is 6.70. The third-order valence-corrected chi connectivity index (χ3v) is 5.06. The minimum atomic E-state index is -0.0200. The summed E-state index contributed by atoms with van der Waals surface area (Å²) >= 11 is 0. The number of rotatable bonds is 4. The van der Waals surface area contributed by atoms with Crippen LogP contribution in [0.2, 0.25) is 0 Å². The minimum Gasteiger partial charge on any atom is -0.384 e. The lowest BCUT2D eigenvalue weighted by atomic mass is 9.90. The van der Waals surface area contributed by atoms with Gasteiger partial charge >= 0.3 is 0 Å². The number of amides is 1. The summed E-state index contributed by atoms with van der Waals surface area (Å²) < 4.78 is 5.40. The van der Waals surface area contributed by atoms with E-state index in [2.05, 4.69) is 9.97 Å².